The number of rotatable bonds is 3. The van der Waals surface area contributed by atoms with E-state index in [0.29, 0.717) is 17.3 Å². The molecule has 0 bridgehead atoms. The second-order valence-corrected chi connectivity index (χ2v) is 3.79. The number of hydrogen-bond donors (Lipinski definition) is 1. The molecule has 1 fully saturated rings. The van der Waals surface area contributed by atoms with E-state index in [0.717, 1.165) is 19.4 Å². The molecule has 15 heavy (non-hydrogen) atoms. The molecule has 4 heteroatoms. The van der Waals surface area contributed by atoms with Crippen LogP contribution in [-0.4, -0.2) is 28.4 Å². The number of carbonyl (C=O) groups excluding carboxylic acids is 1. The molecule has 1 heterocycles. The first-order chi connectivity index (χ1) is 7.24. The lowest BCUT2D eigenvalue weighted by Gasteiger charge is -2.20. The summed E-state index contributed by atoms with van der Waals surface area (Å²) in [6.07, 6.45) is 5.35. The van der Waals surface area contributed by atoms with E-state index < -0.39 is 0 Å². The molecular formula is C11H15N3O. The molecule has 1 amide bonds. The van der Waals surface area contributed by atoms with Gasteiger partial charge in [0.25, 0.3) is 5.91 Å². The standard InChI is InChI=1S/C11H15N3O/c1-2-14(8-3-4-8)11(15)9-5-6-13-7-10(9)12/h5-8H,2-4,12H2,1H3. The second kappa shape index (κ2) is 3.88. The Kier molecular flexibility index (Phi) is 2.58. The number of anilines is 1. The number of amides is 1. The summed E-state index contributed by atoms with van der Waals surface area (Å²) in [4.78, 5) is 17.9. The molecule has 80 valence electrons. The van der Waals surface area contributed by atoms with Crippen LogP contribution >= 0.6 is 0 Å². The van der Waals surface area contributed by atoms with Crippen LogP contribution < -0.4 is 5.73 Å². The highest BCUT2D eigenvalue weighted by Gasteiger charge is 2.32. The molecule has 0 aliphatic heterocycles. The third-order valence-corrected chi connectivity index (χ3v) is 2.67. The highest BCUT2D eigenvalue weighted by atomic mass is 16.2. The minimum Gasteiger partial charge on any atom is -0.397 e. The molecule has 0 saturated heterocycles. The summed E-state index contributed by atoms with van der Waals surface area (Å²) in [5, 5.41) is 0. The van der Waals surface area contributed by atoms with E-state index >= 15 is 0 Å². The Morgan fingerprint density at radius 3 is 2.93 bits per heavy atom. The van der Waals surface area contributed by atoms with Gasteiger partial charge >= 0.3 is 0 Å². The van der Waals surface area contributed by atoms with Gasteiger partial charge in [0.1, 0.15) is 0 Å². The summed E-state index contributed by atoms with van der Waals surface area (Å²) in [5.74, 6) is 0.0277. The van der Waals surface area contributed by atoms with Gasteiger partial charge in [-0.3, -0.25) is 9.78 Å². The van der Waals surface area contributed by atoms with Crippen molar-refractivity contribution in [3.05, 3.63) is 24.0 Å². The van der Waals surface area contributed by atoms with E-state index in [-0.39, 0.29) is 5.91 Å². The van der Waals surface area contributed by atoms with Gasteiger partial charge in [0, 0.05) is 18.8 Å². The first-order valence-electron chi connectivity index (χ1n) is 5.24. The topological polar surface area (TPSA) is 59.2 Å². The van der Waals surface area contributed by atoms with Gasteiger partial charge in [-0.2, -0.15) is 0 Å². The largest absolute Gasteiger partial charge is 0.397 e. The summed E-state index contributed by atoms with van der Waals surface area (Å²) >= 11 is 0. The fraction of sp³-hybridized carbons (Fsp3) is 0.455. The van der Waals surface area contributed by atoms with E-state index in [9.17, 15) is 4.79 Å². The maximum absolute atomic E-state index is 12.1. The zero-order valence-corrected chi connectivity index (χ0v) is 8.81. The highest BCUT2D eigenvalue weighted by Crippen LogP contribution is 2.28. The number of pyridine rings is 1. The Morgan fingerprint density at radius 1 is 1.67 bits per heavy atom. The molecule has 0 aromatic carbocycles. The minimum atomic E-state index is 0.0277. The van der Waals surface area contributed by atoms with E-state index in [4.69, 9.17) is 5.73 Å². The zero-order valence-electron chi connectivity index (χ0n) is 8.81. The van der Waals surface area contributed by atoms with Crippen molar-refractivity contribution in [2.24, 2.45) is 0 Å². The fourth-order valence-corrected chi connectivity index (χ4v) is 1.71. The number of aromatic nitrogens is 1. The Bertz CT molecular complexity index is 374. The summed E-state index contributed by atoms with van der Waals surface area (Å²) in [6.45, 7) is 2.73. The highest BCUT2D eigenvalue weighted by molar-refractivity contribution is 5.99. The smallest absolute Gasteiger partial charge is 0.256 e. The van der Waals surface area contributed by atoms with Gasteiger partial charge in [0.05, 0.1) is 17.4 Å². The van der Waals surface area contributed by atoms with Gasteiger partial charge in [-0.05, 0) is 25.8 Å². The van der Waals surface area contributed by atoms with Crippen LogP contribution in [0, 0.1) is 0 Å². The van der Waals surface area contributed by atoms with E-state index in [1.54, 1.807) is 12.3 Å². The van der Waals surface area contributed by atoms with E-state index in [1.165, 1.54) is 6.20 Å². The SMILES string of the molecule is CCN(C(=O)c1ccncc1N)C1CC1. The lowest BCUT2D eigenvalue weighted by molar-refractivity contribution is 0.0753. The monoisotopic (exact) mass is 205 g/mol. The maximum Gasteiger partial charge on any atom is 0.256 e. The fourth-order valence-electron chi connectivity index (χ4n) is 1.71. The van der Waals surface area contributed by atoms with Gasteiger partial charge in [0.15, 0.2) is 0 Å². The average molecular weight is 205 g/mol. The molecular weight excluding hydrogens is 190 g/mol. The van der Waals surface area contributed by atoms with Crippen molar-refractivity contribution in [2.75, 3.05) is 12.3 Å². The van der Waals surface area contributed by atoms with Crippen molar-refractivity contribution < 1.29 is 4.79 Å². The van der Waals surface area contributed by atoms with Crippen LogP contribution in [0.1, 0.15) is 30.1 Å². The summed E-state index contributed by atoms with van der Waals surface area (Å²) in [6, 6.07) is 2.11. The first kappa shape index (κ1) is 9.96. The van der Waals surface area contributed by atoms with Gasteiger partial charge in [0.2, 0.25) is 0 Å². The van der Waals surface area contributed by atoms with Crippen molar-refractivity contribution in [1.29, 1.82) is 0 Å². The minimum absolute atomic E-state index is 0.0277. The molecule has 1 aromatic rings. The number of nitrogens with two attached hydrogens (primary N) is 1. The van der Waals surface area contributed by atoms with Gasteiger partial charge in [-0.25, -0.2) is 0 Å². The molecule has 1 saturated carbocycles. The summed E-state index contributed by atoms with van der Waals surface area (Å²) in [7, 11) is 0. The quantitative estimate of drug-likeness (QED) is 0.808. The van der Waals surface area contributed by atoms with Crippen molar-refractivity contribution in [3.8, 4) is 0 Å². The zero-order chi connectivity index (χ0) is 10.8. The third kappa shape index (κ3) is 1.93. The molecule has 0 radical (unpaired) electrons. The van der Waals surface area contributed by atoms with Crippen molar-refractivity contribution in [3.63, 3.8) is 0 Å². The van der Waals surface area contributed by atoms with Crippen LogP contribution in [0.4, 0.5) is 5.69 Å². The summed E-state index contributed by atoms with van der Waals surface area (Å²) in [5.41, 5.74) is 6.75. The van der Waals surface area contributed by atoms with Gasteiger partial charge in [-0.15, -0.1) is 0 Å². The second-order valence-electron chi connectivity index (χ2n) is 3.79. The lowest BCUT2D eigenvalue weighted by atomic mass is 10.2. The van der Waals surface area contributed by atoms with Crippen molar-refractivity contribution >= 4 is 11.6 Å². The molecule has 0 atom stereocenters. The predicted octanol–water partition coefficient (Wildman–Crippen LogP) is 1.29. The third-order valence-electron chi connectivity index (χ3n) is 2.67. The molecule has 0 spiro atoms. The molecule has 2 rings (SSSR count). The van der Waals surface area contributed by atoms with Gasteiger partial charge in [-0.1, -0.05) is 0 Å². The lowest BCUT2D eigenvalue weighted by Crippen LogP contribution is -2.33. The van der Waals surface area contributed by atoms with Crippen LogP contribution in [0.5, 0.6) is 0 Å². The normalized spacial score (nSPS) is 15.0. The molecule has 1 aromatic heterocycles. The predicted molar refractivity (Wildman–Crippen MR) is 58.4 cm³/mol. The molecule has 1 aliphatic rings. The number of carbonyl (C=O) groups is 1. The van der Waals surface area contributed by atoms with Crippen molar-refractivity contribution in [2.45, 2.75) is 25.8 Å². The Morgan fingerprint density at radius 2 is 2.40 bits per heavy atom. The first-order valence-corrected chi connectivity index (χ1v) is 5.24. The Balaban J connectivity index is 2.22. The molecule has 1 aliphatic carbocycles. The van der Waals surface area contributed by atoms with Crippen LogP contribution in [0.3, 0.4) is 0 Å². The molecule has 0 unspecified atom stereocenters. The molecule has 2 N–H and O–H groups in total. The Hall–Kier alpha value is -1.58. The number of nitrogen functional groups attached to an aromatic ring is 1. The van der Waals surface area contributed by atoms with Crippen LogP contribution in [0.15, 0.2) is 18.5 Å². The van der Waals surface area contributed by atoms with E-state index in [1.807, 2.05) is 11.8 Å². The Labute approximate surface area is 89.1 Å². The van der Waals surface area contributed by atoms with Crippen LogP contribution in [0.25, 0.3) is 0 Å². The van der Waals surface area contributed by atoms with Gasteiger partial charge < -0.3 is 10.6 Å². The van der Waals surface area contributed by atoms with Crippen LogP contribution in [-0.2, 0) is 0 Å². The number of nitrogens with zero attached hydrogens (tertiary/aromatic N) is 2. The number of hydrogen-bond acceptors (Lipinski definition) is 3. The van der Waals surface area contributed by atoms with Crippen molar-refractivity contribution in [1.82, 2.24) is 9.88 Å². The van der Waals surface area contributed by atoms with Crippen LogP contribution in [0.2, 0.25) is 0 Å². The summed E-state index contributed by atoms with van der Waals surface area (Å²) < 4.78 is 0. The average Bonchev–Trinajstić information content (AvgIpc) is 3.03. The van der Waals surface area contributed by atoms with E-state index in [2.05, 4.69) is 4.98 Å². The molecule has 4 nitrogen and oxygen atoms in total. The maximum atomic E-state index is 12.1.